The van der Waals surface area contributed by atoms with Crippen LogP contribution >= 0.6 is 0 Å². The predicted molar refractivity (Wildman–Crippen MR) is 140 cm³/mol. The maximum Gasteiger partial charge on any atom is 0.389 e. The molecule has 3 N–H and O–H groups in total. The quantitative estimate of drug-likeness (QED) is 0.286. The first-order chi connectivity index (χ1) is 20.3. The Morgan fingerprint density at radius 1 is 1.12 bits per heavy atom. The van der Waals surface area contributed by atoms with Gasteiger partial charge >= 0.3 is 6.18 Å². The lowest BCUT2D eigenvalue weighted by molar-refractivity contribution is -0.144. The molecular weight excluding hydrogens is 582 g/mol. The molecule has 2 aliphatic carbocycles. The van der Waals surface area contributed by atoms with Gasteiger partial charge in [-0.05, 0) is 55.6 Å². The SMILES string of the molecule is NC(=O)c1nn(CCCF)nc1[C@H](c1cn2ncc([C@H](NC(=O)CCC(F)(F)F)C3CC3)cc2n1)C1CCC(F)(F)CC1. The third kappa shape index (κ3) is 7.44. The van der Waals surface area contributed by atoms with Crippen LogP contribution in [0.5, 0.6) is 0 Å². The van der Waals surface area contributed by atoms with Crippen LogP contribution in [0, 0.1) is 11.8 Å². The van der Waals surface area contributed by atoms with Crippen molar-refractivity contribution in [3.8, 4) is 0 Å². The van der Waals surface area contributed by atoms with Gasteiger partial charge in [0.1, 0.15) is 5.69 Å². The van der Waals surface area contributed by atoms with Gasteiger partial charge in [-0.2, -0.15) is 28.2 Å². The highest BCUT2D eigenvalue weighted by Crippen LogP contribution is 2.45. The van der Waals surface area contributed by atoms with E-state index >= 15 is 0 Å². The number of rotatable bonds is 12. The zero-order valence-corrected chi connectivity index (χ0v) is 23.2. The van der Waals surface area contributed by atoms with E-state index < -0.39 is 55.4 Å². The van der Waals surface area contributed by atoms with E-state index in [9.17, 15) is 35.9 Å². The van der Waals surface area contributed by atoms with Crippen molar-refractivity contribution < 1.29 is 35.9 Å². The molecule has 0 bridgehead atoms. The van der Waals surface area contributed by atoms with E-state index in [2.05, 4.69) is 20.6 Å². The molecule has 2 atom stereocenters. The molecule has 2 fully saturated rings. The lowest BCUT2D eigenvalue weighted by Crippen LogP contribution is -2.30. The number of alkyl halides is 6. The molecule has 3 aromatic heterocycles. The Morgan fingerprint density at radius 3 is 2.47 bits per heavy atom. The number of amides is 2. The Labute approximate surface area is 242 Å². The number of nitrogens with two attached hydrogens (primary N) is 1. The Balaban J connectivity index is 1.48. The van der Waals surface area contributed by atoms with Crippen LogP contribution in [0.4, 0.5) is 26.3 Å². The van der Waals surface area contributed by atoms with Gasteiger partial charge < -0.3 is 11.1 Å². The van der Waals surface area contributed by atoms with Crippen molar-refractivity contribution in [2.45, 2.75) is 88.4 Å². The number of fused-ring (bicyclic) bond motifs is 1. The van der Waals surface area contributed by atoms with E-state index in [4.69, 9.17) is 10.7 Å². The van der Waals surface area contributed by atoms with Crippen LogP contribution < -0.4 is 11.1 Å². The molecule has 2 saturated carbocycles. The molecule has 0 unspecified atom stereocenters. The lowest BCUT2D eigenvalue weighted by atomic mass is 9.75. The highest BCUT2D eigenvalue weighted by molar-refractivity contribution is 5.92. The average molecular weight is 615 g/mol. The summed E-state index contributed by atoms with van der Waals surface area (Å²) < 4.78 is 80.3. The Bertz CT molecular complexity index is 1460. The summed E-state index contributed by atoms with van der Waals surface area (Å²) >= 11 is 0. The molecule has 0 saturated heterocycles. The van der Waals surface area contributed by atoms with Gasteiger partial charge in [-0.25, -0.2) is 18.3 Å². The number of aryl methyl sites for hydroxylation is 1. The molecule has 10 nitrogen and oxygen atoms in total. The van der Waals surface area contributed by atoms with Gasteiger partial charge in [0.05, 0.1) is 49.7 Å². The standard InChI is InChI=1S/C27H32F6N8O2/c28-10-1-11-41-38-23(24(39-41)25(34)43)21(15-4-7-26(29,30)8-5-15)18-14-40-19(36-18)12-17(13-35-40)22(16-2-3-16)37-20(42)6-9-27(31,32)33/h12-16,21-22H,1-11H2,(H2,34,43)(H,37,42)/t21-,22+/m0/s1. The first-order valence-corrected chi connectivity index (χ1v) is 14.2. The van der Waals surface area contributed by atoms with Gasteiger partial charge in [0.25, 0.3) is 5.91 Å². The number of carbonyl (C=O) groups is 2. The van der Waals surface area contributed by atoms with Gasteiger partial charge in [0, 0.05) is 19.3 Å². The van der Waals surface area contributed by atoms with E-state index in [0.717, 1.165) is 12.8 Å². The zero-order chi connectivity index (χ0) is 30.9. The molecule has 0 aliphatic heterocycles. The number of primary amides is 1. The van der Waals surface area contributed by atoms with Gasteiger partial charge in [0.15, 0.2) is 11.3 Å². The first kappa shape index (κ1) is 30.7. The van der Waals surface area contributed by atoms with Gasteiger partial charge in [-0.1, -0.05) is 0 Å². The Morgan fingerprint density at radius 2 is 1.84 bits per heavy atom. The fourth-order valence-corrected chi connectivity index (χ4v) is 5.68. The van der Waals surface area contributed by atoms with Crippen molar-refractivity contribution in [2.75, 3.05) is 6.67 Å². The van der Waals surface area contributed by atoms with Crippen molar-refractivity contribution in [3.05, 3.63) is 41.1 Å². The third-order valence-corrected chi connectivity index (χ3v) is 8.02. The van der Waals surface area contributed by atoms with E-state index in [-0.39, 0.29) is 61.9 Å². The summed E-state index contributed by atoms with van der Waals surface area (Å²) in [4.78, 5) is 30.6. The van der Waals surface area contributed by atoms with Crippen molar-refractivity contribution in [1.29, 1.82) is 0 Å². The number of halogens is 6. The minimum absolute atomic E-state index is 0.0441. The van der Waals surface area contributed by atoms with Crippen molar-refractivity contribution in [1.82, 2.24) is 34.9 Å². The molecule has 3 aromatic rings. The molecule has 0 radical (unpaired) electrons. The summed E-state index contributed by atoms with van der Waals surface area (Å²) in [7, 11) is 0. The molecule has 43 heavy (non-hydrogen) atoms. The third-order valence-electron chi connectivity index (χ3n) is 8.02. The van der Waals surface area contributed by atoms with Gasteiger partial charge in [-0.15, -0.1) is 5.10 Å². The second-order valence-corrected chi connectivity index (χ2v) is 11.4. The molecule has 2 aliphatic rings. The van der Waals surface area contributed by atoms with Crippen molar-refractivity contribution in [3.63, 3.8) is 0 Å². The summed E-state index contributed by atoms with van der Waals surface area (Å²) in [5, 5.41) is 15.7. The summed E-state index contributed by atoms with van der Waals surface area (Å²) in [6.07, 6.45) is -2.07. The van der Waals surface area contributed by atoms with Crippen LogP contribution in [-0.2, 0) is 11.3 Å². The zero-order valence-electron chi connectivity index (χ0n) is 23.2. The van der Waals surface area contributed by atoms with Gasteiger partial charge in [0.2, 0.25) is 11.8 Å². The van der Waals surface area contributed by atoms with Crippen LogP contribution in [0.3, 0.4) is 0 Å². The minimum atomic E-state index is -4.45. The van der Waals surface area contributed by atoms with Crippen LogP contribution in [0.2, 0.25) is 0 Å². The predicted octanol–water partition coefficient (Wildman–Crippen LogP) is 4.65. The number of aromatic nitrogens is 6. The maximum atomic E-state index is 14.1. The number of nitrogens with one attached hydrogen (secondary N) is 1. The van der Waals surface area contributed by atoms with E-state index in [1.807, 2.05) is 0 Å². The molecule has 5 rings (SSSR count). The van der Waals surface area contributed by atoms with E-state index in [1.54, 1.807) is 12.3 Å². The molecule has 3 heterocycles. The van der Waals surface area contributed by atoms with Crippen molar-refractivity contribution >= 4 is 17.5 Å². The number of nitrogens with zero attached hydrogens (tertiary/aromatic N) is 6. The molecule has 16 heteroatoms. The number of hydrogen-bond acceptors (Lipinski definition) is 6. The minimum Gasteiger partial charge on any atom is -0.364 e. The van der Waals surface area contributed by atoms with Crippen LogP contribution in [0.15, 0.2) is 18.5 Å². The molecular formula is C27H32F6N8O2. The monoisotopic (exact) mass is 614 g/mol. The lowest BCUT2D eigenvalue weighted by Gasteiger charge is -2.32. The van der Waals surface area contributed by atoms with E-state index in [0.29, 0.717) is 16.9 Å². The number of imidazole rings is 1. The normalized spacial score (nSPS) is 18.9. The molecule has 234 valence electrons. The largest absolute Gasteiger partial charge is 0.389 e. The van der Waals surface area contributed by atoms with Gasteiger partial charge in [-0.3, -0.25) is 14.0 Å². The Kier molecular flexibility index (Phi) is 8.65. The van der Waals surface area contributed by atoms with Crippen LogP contribution in [0.25, 0.3) is 5.65 Å². The van der Waals surface area contributed by atoms with E-state index in [1.165, 1.54) is 15.5 Å². The second-order valence-electron chi connectivity index (χ2n) is 11.4. The Hall–Kier alpha value is -3.72. The molecule has 0 spiro atoms. The summed E-state index contributed by atoms with van der Waals surface area (Å²) in [6.45, 7) is -0.547. The summed E-state index contributed by atoms with van der Waals surface area (Å²) in [6, 6.07) is 1.12. The number of carbonyl (C=O) groups excluding carboxylic acids is 2. The average Bonchev–Trinajstić information content (AvgIpc) is 3.56. The fraction of sp³-hybridized carbons (Fsp3) is 0.630. The van der Waals surface area contributed by atoms with Crippen LogP contribution in [-0.4, -0.2) is 60.2 Å². The molecule has 2 amide bonds. The van der Waals surface area contributed by atoms with Crippen LogP contribution in [0.1, 0.15) is 97.2 Å². The summed E-state index contributed by atoms with van der Waals surface area (Å²) in [5.74, 6) is -5.50. The fourth-order valence-electron chi connectivity index (χ4n) is 5.68. The van der Waals surface area contributed by atoms with Crippen molar-refractivity contribution in [2.24, 2.45) is 17.6 Å². The maximum absolute atomic E-state index is 14.1. The number of hydrogen-bond donors (Lipinski definition) is 2. The second kappa shape index (κ2) is 12.1. The highest BCUT2D eigenvalue weighted by atomic mass is 19.4. The smallest absolute Gasteiger partial charge is 0.364 e. The summed E-state index contributed by atoms with van der Waals surface area (Å²) in [5.41, 5.74) is 6.92. The topological polar surface area (TPSA) is 133 Å². The molecule has 0 aromatic carbocycles. The first-order valence-electron chi connectivity index (χ1n) is 14.2. The highest BCUT2D eigenvalue weighted by Gasteiger charge is 2.42.